The summed E-state index contributed by atoms with van der Waals surface area (Å²) in [5.41, 5.74) is 6.45. The average molecular weight is 378 g/mol. The molecule has 0 aliphatic carbocycles. The van der Waals surface area contributed by atoms with E-state index in [2.05, 4.69) is 90.8 Å². The highest BCUT2D eigenvalue weighted by molar-refractivity contribution is 7.26. The van der Waals surface area contributed by atoms with E-state index in [4.69, 9.17) is 0 Å². The fourth-order valence-corrected chi connectivity index (χ4v) is 5.82. The highest BCUT2D eigenvalue weighted by atomic mass is 32.1. The van der Waals surface area contributed by atoms with Gasteiger partial charge in [-0.15, -0.1) is 11.3 Å². The number of rotatable bonds is 2. The summed E-state index contributed by atoms with van der Waals surface area (Å²) in [6, 6.07) is 28.8. The van der Waals surface area contributed by atoms with Gasteiger partial charge in [0.1, 0.15) is 0 Å². The predicted molar refractivity (Wildman–Crippen MR) is 124 cm³/mol. The third-order valence-corrected chi connectivity index (χ3v) is 7.13. The molecule has 6 rings (SSSR count). The number of aromatic amines is 1. The van der Waals surface area contributed by atoms with Gasteiger partial charge in [-0.2, -0.15) is 0 Å². The maximum atomic E-state index is 3.53. The Bertz CT molecular complexity index is 1500. The molecule has 4 aromatic carbocycles. The van der Waals surface area contributed by atoms with E-state index in [0.29, 0.717) is 0 Å². The molecule has 1 N–H and O–H groups in total. The molecule has 2 aromatic heterocycles. The zero-order valence-electron chi connectivity index (χ0n) is 15.6. The number of benzene rings is 4. The number of fused-ring (bicyclic) bond motifs is 6. The summed E-state index contributed by atoms with van der Waals surface area (Å²) in [7, 11) is 0. The maximum absolute atomic E-state index is 3.53. The van der Waals surface area contributed by atoms with E-state index in [1.54, 1.807) is 0 Å². The molecule has 0 saturated carbocycles. The molecule has 2 heterocycles. The van der Waals surface area contributed by atoms with Gasteiger partial charge in [0.05, 0.1) is 0 Å². The van der Waals surface area contributed by atoms with Crippen molar-refractivity contribution in [2.75, 3.05) is 0 Å². The molecule has 0 spiro atoms. The molecular formula is C26H19NS. The molecular weight excluding hydrogens is 358 g/mol. The molecule has 6 aromatic rings. The first-order chi connectivity index (χ1) is 13.8. The third kappa shape index (κ3) is 2.18. The van der Waals surface area contributed by atoms with Crippen molar-refractivity contribution in [3.63, 3.8) is 0 Å². The summed E-state index contributed by atoms with van der Waals surface area (Å²) in [4.78, 5) is 3.53. The van der Waals surface area contributed by atoms with Crippen LogP contribution in [0.2, 0.25) is 0 Å². The molecule has 0 unspecified atom stereocenters. The highest BCUT2D eigenvalue weighted by Gasteiger charge is 2.13. The van der Waals surface area contributed by atoms with Crippen LogP contribution in [0, 0.1) is 0 Å². The van der Waals surface area contributed by atoms with E-state index in [1.165, 1.54) is 58.7 Å². The number of hydrogen-bond acceptors (Lipinski definition) is 1. The number of aryl methyl sites for hydroxylation is 1. The zero-order valence-corrected chi connectivity index (χ0v) is 16.4. The number of thiophene rings is 1. The Morgan fingerprint density at radius 3 is 2.32 bits per heavy atom. The molecule has 0 saturated heterocycles. The second kappa shape index (κ2) is 5.95. The topological polar surface area (TPSA) is 15.8 Å². The van der Waals surface area contributed by atoms with Crippen molar-refractivity contribution in [1.82, 2.24) is 4.98 Å². The lowest BCUT2D eigenvalue weighted by Gasteiger charge is -2.04. The van der Waals surface area contributed by atoms with Crippen molar-refractivity contribution in [3.05, 3.63) is 84.4 Å². The van der Waals surface area contributed by atoms with Gasteiger partial charge >= 0.3 is 0 Å². The van der Waals surface area contributed by atoms with E-state index in [9.17, 15) is 0 Å². The Labute approximate surface area is 167 Å². The Morgan fingerprint density at radius 2 is 1.43 bits per heavy atom. The monoisotopic (exact) mass is 377 g/mol. The smallest absolute Gasteiger partial charge is 0.0465 e. The van der Waals surface area contributed by atoms with Crippen LogP contribution in [0.1, 0.15) is 12.5 Å². The van der Waals surface area contributed by atoms with Gasteiger partial charge in [-0.05, 0) is 41.3 Å². The van der Waals surface area contributed by atoms with E-state index in [0.717, 1.165) is 6.42 Å². The number of aromatic nitrogens is 1. The molecule has 0 aliphatic heterocycles. The van der Waals surface area contributed by atoms with Crippen molar-refractivity contribution in [3.8, 4) is 11.1 Å². The SMILES string of the molecule is CCc1cccc2c1sc1c(-c3ccc4[nH]c5ccccc5c4c3)cccc12. The Hall–Kier alpha value is -3.10. The molecule has 0 fully saturated rings. The van der Waals surface area contributed by atoms with Crippen LogP contribution in [-0.4, -0.2) is 4.98 Å². The number of hydrogen-bond donors (Lipinski definition) is 1. The highest BCUT2D eigenvalue weighted by Crippen LogP contribution is 2.42. The van der Waals surface area contributed by atoms with Crippen molar-refractivity contribution >= 4 is 53.3 Å². The average Bonchev–Trinajstić information content (AvgIpc) is 3.31. The standard InChI is InChI=1S/C26H19NS/c1-2-16-7-5-10-20-21-11-6-9-18(26(21)28-25(16)20)17-13-14-24-22(15-17)19-8-3-4-12-23(19)27-24/h3-15,27H,2H2,1H3. The Kier molecular flexibility index (Phi) is 3.38. The van der Waals surface area contributed by atoms with Crippen molar-refractivity contribution in [1.29, 1.82) is 0 Å². The molecule has 2 heteroatoms. The van der Waals surface area contributed by atoms with Crippen LogP contribution in [0.15, 0.2) is 78.9 Å². The third-order valence-electron chi connectivity index (χ3n) is 5.80. The van der Waals surface area contributed by atoms with Crippen molar-refractivity contribution in [2.45, 2.75) is 13.3 Å². The zero-order chi connectivity index (χ0) is 18.7. The van der Waals surface area contributed by atoms with Gasteiger partial charge in [0.25, 0.3) is 0 Å². The largest absolute Gasteiger partial charge is 0.355 e. The molecule has 0 bridgehead atoms. The second-order valence-corrected chi connectivity index (χ2v) is 8.38. The van der Waals surface area contributed by atoms with Crippen LogP contribution >= 0.6 is 11.3 Å². The summed E-state index contributed by atoms with van der Waals surface area (Å²) < 4.78 is 2.82. The fraction of sp³-hybridized carbons (Fsp3) is 0.0769. The lowest BCUT2D eigenvalue weighted by molar-refractivity contribution is 1.16. The first-order valence-electron chi connectivity index (χ1n) is 9.77. The normalized spacial score (nSPS) is 11.9. The predicted octanol–water partition coefficient (Wildman–Crippen LogP) is 7.92. The Balaban J connectivity index is 1.67. The minimum absolute atomic E-state index is 1.07. The van der Waals surface area contributed by atoms with Crippen LogP contribution in [-0.2, 0) is 6.42 Å². The first-order valence-corrected chi connectivity index (χ1v) is 10.6. The molecule has 0 radical (unpaired) electrons. The molecule has 0 atom stereocenters. The van der Waals surface area contributed by atoms with Crippen LogP contribution in [0.3, 0.4) is 0 Å². The van der Waals surface area contributed by atoms with Crippen LogP contribution in [0.4, 0.5) is 0 Å². The van der Waals surface area contributed by atoms with Gasteiger partial charge in [0.2, 0.25) is 0 Å². The summed E-state index contributed by atoms with van der Waals surface area (Å²) >= 11 is 1.94. The summed E-state index contributed by atoms with van der Waals surface area (Å²) in [5, 5.41) is 5.33. The molecule has 1 nitrogen and oxygen atoms in total. The summed E-state index contributed by atoms with van der Waals surface area (Å²) in [5.74, 6) is 0. The minimum Gasteiger partial charge on any atom is -0.355 e. The van der Waals surface area contributed by atoms with Gasteiger partial charge in [0.15, 0.2) is 0 Å². The molecule has 0 aliphatic rings. The van der Waals surface area contributed by atoms with Gasteiger partial charge in [0, 0.05) is 42.0 Å². The van der Waals surface area contributed by atoms with Crippen molar-refractivity contribution < 1.29 is 0 Å². The lowest BCUT2D eigenvalue weighted by atomic mass is 10.00. The fourth-order valence-electron chi connectivity index (χ4n) is 4.40. The quantitative estimate of drug-likeness (QED) is 0.315. The first kappa shape index (κ1) is 15.9. The summed E-state index contributed by atoms with van der Waals surface area (Å²) in [6.07, 6.45) is 1.07. The number of para-hydroxylation sites is 1. The van der Waals surface area contributed by atoms with Crippen LogP contribution in [0.5, 0.6) is 0 Å². The van der Waals surface area contributed by atoms with E-state index in [1.807, 2.05) is 11.3 Å². The number of nitrogens with one attached hydrogen (secondary N) is 1. The van der Waals surface area contributed by atoms with E-state index < -0.39 is 0 Å². The minimum atomic E-state index is 1.07. The molecule has 0 amide bonds. The van der Waals surface area contributed by atoms with Gasteiger partial charge in [-0.3, -0.25) is 0 Å². The van der Waals surface area contributed by atoms with Gasteiger partial charge in [-0.1, -0.05) is 67.6 Å². The van der Waals surface area contributed by atoms with Gasteiger partial charge in [-0.25, -0.2) is 0 Å². The molecule has 134 valence electrons. The maximum Gasteiger partial charge on any atom is 0.0465 e. The van der Waals surface area contributed by atoms with E-state index >= 15 is 0 Å². The molecule has 28 heavy (non-hydrogen) atoms. The van der Waals surface area contributed by atoms with E-state index in [-0.39, 0.29) is 0 Å². The van der Waals surface area contributed by atoms with Crippen LogP contribution in [0.25, 0.3) is 53.1 Å². The second-order valence-electron chi connectivity index (χ2n) is 7.36. The van der Waals surface area contributed by atoms with Crippen molar-refractivity contribution in [2.24, 2.45) is 0 Å². The Morgan fingerprint density at radius 1 is 0.679 bits per heavy atom. The van der Waals surface area contributed by atoms with Gasteiger partial charge < -0.3 is 4.98 Å². The number of H-pyrrole nitrogens is 1. The lowest BCUT2D eigenvalue weighted by Crippen LogP contribution is -1.79. The summed E-state index contributed by atoms with van der Waals surface area (Å²) in [6.45, 7) is 2.24. The van der Waals surface area contributed by atoms with Crippen LogP contribution < -0.4 is 0 Å².